The maximum absolute atomic E-state index is 13.2. The van der Waals surface area contributed by atoms with Crippen LogP contribution in [0.25, 0.3) is 0 Å². The van der Waals surface area contributed by atoms with E-state index < -0.39 is 41.7 Å². The van der Waals surface area contributed by atoms with Crippen LogP contribution in [0.15, 0.2) is 0 Å². The summed E-state index contributed by atoms with van der Waals surface area (Å²) in [7, 11) is 1.33. The van der Waals surface area contributed by atoms with Gasteiger partial charge in [0.2, 0.25) is 11.8 Å². The van der Waals surface area contributed by atoms with Gasteiger partial charge in [0.1, 0.15) is 0 Å². The Hall–Kier alpha value is -1.80. The van der Waals surface area contributed by atoms with Gasteiger partial charge in [-0.3, -0.25) is 14.4 Å². The molecule has 2 fully saturated rings. The Morgan fingerprint density at radius 1 is 1.12 bits per heavy atom. The van der Waals surface area contributed by atoms with Crippen LogP contribution >= 0.6 is 0 Å². The van der Waals surface area contributed by atoms with Gasteiger partial charge in [0.25, 0.3) is 0 Å². The molecule has 3 unspecified atom stereocenters. The van der Waals surface area contributed by atoms with E-state index >= 15 is 0 Å². The number of hydrogen-bond acceptors (Lipinski definition) is 3. The van der Waals surface area contributed by atoms with E-state index in [1.807, 2.05) is 0 Å². The molecule has 0 aromatic rings. The zero-order chi connectivity index (χ0) is 19.5. The van der Waals surface area contributed by atoms with Crippen molar-refractivity contribution in [3.63, 3.8) is 0 Å². The average Bonchev–Trinajstić information content (AvgIpc) is 2.60. The number of amides is 2. The molecule has 0 spiro atoms. The second kappa shape index (κ2) is 8.26. The molecule has 1 saturated carbocycles. The summed E-state index contributed by atoms with van der Waals surface area (Å²) in [4.78, 5) is 38.4. The van der Waals surface area contributed by atoms with Gasteiger partial charge in [0.05, 0.1) is 18.4 Å². The van der Waals surface area contributed by atoms with Gasteiger partial charge in [-0.2, -0.15) is 13.2 Å². The molecule has 3 atom stereocenters. The Bertz CT molecular complexity index is 553. The van der Waals surface area contributed by atoms with E-state index in [4.69, 9.17) is 5.11 Å². The zero-order valence-electron chi connectivity index (χ0n) is 14.8. The van der Waals surface area contributed by atoms with Crippen molar-refractivity contribution in [2.75, 3.05) is 26.7 Å². The van der Waals surface area contributed by atoms with Gasteiger partial charge < -0.3 is 14.9 Å². The number of carboxylic acids is 1. The lowest BCUT2D eigenvalue weighted by atomic mass is 9.78. The molecule has 0 aromatic carbocycles. The molecule has 1 N–H and O–H groups in total. The van der Waals surface area contributed by atoms with Crippen LogP contribution in [-0.4, -0.2) is 65.5 Å². The summed E-state index contributed by atoms with van der Waals surface area (Å²) in [5, 5.41) is 9.07. The van der Waals surface area contributed by atoms with E-state index in [2.05, 4.69) is 0 Å². The highest BCUT2D eigenvalue weighted by atomic mass is 19.4. The van der Waals surface area contributed by atoms with Crippen LogP contribution in [0.5, 0.6) is 0 Å². The summed E-state index contributed by atoms with van der Waals surface area (Å²) in [5.41, 5.74) is 0. The Balaban J connectivity index is 1.97. The molecule has 2 amide bonds. The zero-order valence-corrected chi connectivity index (χ0v) is 14.8. The van der Waals surface area contributed by atoms with Crippen molar-refractivity contribution in [2.45, 2.75) is 44.7 Å². The van der Waals surface area contributed by atoms with Crippen molar-refractivity contribution in [3.8, 4) is 0 Å². The van der Waals surface area contributed by atoms with E-state index in [-0.39, 0.29) is 25.9 Å². The summed E-state index contributed by atoms with van der Waals surface area (Å²) >= 11 is 0. The first-order valence-corrected chi connectivity index (χ1v) is 8.93. The molecule has 9 heteroatoms. The van der Waals surface area contributed by atoms with E-state index in [1.54, 1.807) is 0 Å². The minimum atomic E-state index is -4.42. The van der Waals surface area contributed by atoms with Crippen LogP contribution in [0.2, 0.25) is 0 Å². The molecule has 0 aromatic heterocycles. The van der Waals surface area contributed by atoms with E-state index in [0.29, 0.717) is 32.2 Å². The number of nitrogens with zero attached hydrogens (tertiary/aromatic N) is 2. The SMILES string of the molecule is CN(CC(=O)N1CCCC(C(=O)O)C1)C(=O)C1CCCCC1C(F)(F)F. The molecule has 0 bridgehead atoms. The molecule has 6 nitrogen and oxygen atoms in total. The Labute approximate surface area is 150 Å². The number of carbonyl (C=O) groups is 3. The molecular formula is C17H25F3N2O4. The minimum absolute atomic E-state index is 0.0614. The number of halogens is 3. The fourth-order valence-electron chi connectivity index (χ4n) is 3.89. The van der Waals surface area contributed by atoms with E-state index in [0.717, 1.165) is 4.90 Å². The van der Waals surface area contributed by atoms with Gasteiger partial charge in [0.15, 0.2) is 0 Å². The monoisotopic (exact) mass is 378 g/mol. The minimum Gasteiger partial charge on any atom is -0.481 e. The second-order valence-corrected chi connectivity index (χ2v) is 7.25. The molecule has 26 heavy (non-hydrogen) atoms. The van der Waals surface area contributed by atoms with Crippen molar-refractivity contribution in [1.29, 1.82) is 0 Å². The molecule has 2 aliphatic rings. The molecule has 1 heterocycles. The van der Waals surface area contributed by atoms with E-state index in [1.165, 1.54) is 11.9 Å². The van der Waals surface area contributed by atoms with Gasteiger partial charge in [-0.05, 0) is 25.7 Å². The number of piperidine rings is 1. The van der Waals surface area contributed by atoms with E-state index in [9.17, 15) is 27.6 Å². The Morgan fingerprint density at radius 2 is 1.77 bits per heavy atom. The molecule has 1 saturated heterocycles. The molecular weight excluding hydrogens is 353 g/mol. The number of hydrogen-bond donors (Lipinski definition) is 1. The predicted octanol–water partition coefficient (Wildman–Crippen LogP) is 2.14. The topological polar surface area (TPSA) is 77.9 Å². The van der Waals surface area contributed by atoms with Gasteiger partial charge in [0, 0.05) is 26.1 Å². The standard InChI is InChI=1S/C17H25F3N2O4/c1-21(10-14(23)22-8-4-5-11(9-22)16(25)26)15(24)12-6-2-3-7-13(12)17(18,19)20/h11-13H,2-10H2,1H3,(H,25,26). The van der Waals surface area contributed by atoms with Gasteiger partial charge in [-0.1, -0.05) is 12.8 Å². The lowest BCUT2D eigenvalue weighted by Crippen LogP contribution is -2.49. The number of carboxylic acid groups (broad SMARTS) is 1. The Kier molecular flexibility index (Phi) is 6.52. The van der Waals surface area contributed by atoms with Crippen molar-refractivity contribution in [3.05, 3.63) is 0 Å². The summed E-state index contributed by atoms with van der Waals surface area (Å²) in [5.74, 6) is -5.50. The van der Waals surface area contributed by atoms with Crippen LogP contribution in [-0.2, 0) is 14.4 Å². The third-order valence-corrected chi connectivity index (χ3v) is 5.38. The Morgan fingerprint density at radius 3 is 2.38 bits per heavy atom. The van der Waals surface area contributed by atoms with Crippen molar-refractivity contribution in [1.82, 2.24) is 9.80 Å². The molecule has 148 valence electrons. The quantitative estimate of drug-likeness (QED) is 0.813. The highest BCUT2D eigenvalue weighted by Crippen LogP contribution is 2.42. The molecule has 0 radical (unpaired) electrons. The van der Waals surface area contributed by atoms with Crippen LogP contribution in [0.1, 0.15) is 38.5 Å². The maximum Gasteiger partial charge on any atom is 0.392 e. The fraction of sp³-hybridized carbons (Fsp3) is 0.824. The lowest BCUT2D eigenvalue weighted by Gasteiger charge is -2.35. The third-order valence-electron chi connectivity index (χ3n) is 5.38. The normalized spacial score (nSPS) is 27.1. The highest BCUT2D eigenvalue weighted by molar-refractivity contribution is 5.86. The summed E-state index contributed by atoms with van der Waals surface area (Å²) < 4.78 is 39.6. The number of rotatable bonds is 4. The van der Waals surface area contributed by atoms with Crippen LogP contribution in [0, 0.1) is 17.8 Å². The first-order chi connectivity index (χ1) is 12.1. The fourth-order valence-corrected chi connectivity index (χ4v) is 3.89. The first kappa shape index (κ1) is 20.5. The average molecular weight is 378 g/mol. The maximum atomic E-state index is 13.2. The van der Waals surface area contributed by atoms with Crippen LogP contribution < -0.4 is 0 Å². The molecule has 1 aliphatic heterocycles. The highest BCUT2D eigenvalue weighted by Gasteiger charge is 2.48. The molecule has 2 rings (SSSR count). The van der Waals surface area contributed by atoms with Gasteiger partial charge >= 0.3 is 12.1 Å². The largest absolute Gasteiger partial charge is 0.481 e. The summed E-state index contributed by atoms with van der Waals surface area (Å²) in [6, 6.07) is 0. The molecule has 1 aliphatic carbocycles. The number of likely N-dealkylation sites (tertiary alicyclic amines) is 1. The number of alkyl halides is 3. The number of likely N-dealkylation sites (N-methyl/N-ethyl adjacent to an activating group) is 1. The third kappa shape index (κ3) is 4.88. The smallest absolute Gasteiger partial charge is 0.392 e. The second-order valence-electron chi connectivity index (χ2n) is 7.25. The van der Waals surface area contributed by atoms with Crippen molar-refractivity contribution >= 4 is 17.8 Å². The predicted molar refractivity (Wildman–Crippen MR) is 86.1 cm³/mol. The first-order valence-electron chi connectivity index (χ1n) is 8.93. The lowest BCUT2D eigenvalue weighted by molar-refractivity contribution is -0.200. The van der Waals surface area contributed by atoms with Gasteiger partial charge in [-0.25, -0.2) is 0 Å². The van der Waals surface area contributed by atoms with Crippen molar-refractivity contribution in [2.24, 2.45) is 17.8 Å². The summed E-state index contributed by atoms with van der Waals surface area (Å²) in [6.07, 6.45) is -2.26. The van der Waals surface area contributed by atoms with Crippen LogP contribution in [0.4, 0.5) is 13.2 Å². The van der Waals surface area contributed by atoms with Crippen LogP contribution in [0.3, 0.4) is 0 Å². The number of carbonyl (C=O) groups excluding carboxylic acids is 2. The van der Waals surface area contributed by atoms with Crippen molar-refractivity contribution < 1.29 is 32.7 Å². The number of aliphatic carboxylic acids is 1. The summed E-state index contributed by atoms with van der Waals surface area (Å²) in [6.45, 7) is 0.149. The van der Waals surface area contributed by atoms with Gasteiger partial charge in [-0.15, -0.1) is 0 Å².